The third-order valence-electron chi connectivity index (χ3n) is 6.97. The first-order chi connectivity index (χ1) is 12.1. The summed E-state index contributed by atoms with van der Waals surface area (Å²) in [7, 11) is 0. The van der Waals surface area contributed by atoms with Gasteiger partial charge in [0.2, 0.25) is 5.91 Å². The molecule has 1 atom stereocenters. The van der Waals surface area contributed by atoms with Crippen molar-refractivity contribution in [2.75, 3.05) is 19.6 Å². The van der Waals surface area contributed by atoms with Gasteiger partial charge >= 0.3 is 0 Å². The summed E-state index contributed by atoms with van der Waals surface area (Å²) in [6.07, 6.45) is 9.12. The van der Waals surface area contributed by atoms with E-state index in [1.54, 1.807) is 12.1 Å². The zero-order valence-corrected chi connectivity index (χ0v) is 15.0. The maximum absolute atomic E-state index is 13.3. The molecule has 136 valence electrons. The van der Waals surface area contributed by atoms with Crippen LogP contribution < -0.4 is 10.6 Å². The highest BCUT2D eigenvalue weighted by molar-refractivity contribution is 5.82. The summed E-state index contributed by atoms with van der Waals surface area (Å²) in [6, 6.07) is 6.94. The van der Waals surface area contributed by atoms with Gasteiger partial charge in [-0.3, -0.25) is 4.79 Å². The second kappa shape index (κ2) is 6.71. The fraction of sp³-hybridized carbons (Fsp3) is 0.667. The molecule has 0 radical (unpaired) electrons. The van der Waals surface area contributed by atoms with Crippen LogP contribution in [-0.2, 0) is 10.2 Å². The van der Waals surface area contributed by atoms with Gasteiger partial charge < -0.3 is 10.6 Å². The van der Waals surface area contributed by atoms with Gasteiger partial charge in [-0.05, 0) is 68.3 Å². The summed E-state index contributed by atoms with van der Waals surface area (Å²) in [5, 5.41) is 6.68. The molecule has 1 amide bonds. The second-order valence-corrected chi connectivity index (χ2v) is 8.43. The lowest BCUT2D eigenvalue weighted by Crippen LogP contribution is -2.43. The molecule has 1 saturated heterocycles. The molecule has 0 aromatic heterocycles. The largest absolute Gasteiger partial charge is 0.355 e. The molecule has 2 N–H and O–H groups in total. The number of nitrogens with one attached hydrogen (secondary N) is 2. The molecule has 1 unspecified atom stereocenters. The molecular weight excluding hydrogens is 315 g/mol. The van der Waals surface area contributed by atoms with Crippen LogP contribution in [0.25, 0.3) is 0 Å². The minimum atomic E-state index is -0.190. The topological polar surface area (TPSA) is 41.1 Å². The third kappa shape index (κ3) is 3.33. The molecule has 25 heavy (non-hydrogen) atoms. The van der Waals surface area contributed by atoms with E-state index in [0.29, 0.717) is 6.54 Å². The maximum Gasteiger partial charge on any atom is 0.223 e. The van der Waals surface area contributed by atoms with E-state index in [-0.39, 0.29) is 28.5 Å². The first kappa shape index (κ1) is 17.0. The number of carbonyl (C=O) groups is 1. The van der Waals surface area contributed by atoms with Crippen LogP contribution in [0.3, 0.4) is 0 Å². The van der Waals surface area contributed by atoms with Crippen LogP contribution in [0.2, 0.25) is 0 Å². The molecule has 4 heteroatoms. The van der Waals surface area contributed by atoms with Gasteiger partial charge in [0, 0.05) is 17.9 Å². The lowest BCUT2D eigenvalue weighted by atomic mass is 9.69. The predicted molar refractivity (Wildman–Crippen MR) is 96.8 cm³/mol. The van der Waals surface area contributed by atoms with Crippen molar-refractivity contribution in [1.29, 1.82) is 0 Å². The highest BCUT2D eigenvalue weighted by Gasteiger charge is 2.57. The van der Waals surface area contributed by atoms with Crippen molar-refractivity contribution in [3.8, 4) is 0 Å². The number of carbonyl (C=O) groups excluding carboxylic acids is 1. The molecule has 4 rings (SSSR count). The summed E-state index contributed by atoms with van der Waals surface area (Å²) < 4.78 is 13.3. The fourth-order valence-electron chi connectivity index (χ4n) is 5.17. The predicted octanol–water partition coefficient (Wildman–Crippen LogP) is 3.53. The summed E-state index contributed by atoms with van der Waals surface area (Å²) in [4.78, 5) is 12.8. The van der Waals surface area contributed by atoms with Crippen LogP contribution in [-0.4, -0.2) is 25.5 Å². The van der Waals surface area contributed by atoms with Crippen molar-refractivity contribution in [3.63, 3.8) is 0 Å². The van der Waals surface area contributed by atoms with E-state index in [4.69, 9.17) is 0 Å². The van der Waals surface area contributed by atoms with Crippen LogP contribution in [0, 0.1) is 17.2 Å². The van der Waals surface area contributed by atoms with Crippen LogP contribution in [0.1, 0.15) is 56.9 Å². The molecule has 1 heterocycles. The van der Waals surface area contributed by atoms with E-state index in [9.17, 15) is 9.18 Å². The zero-order valence-electron chi connectivity index (χ0n) is 15.0. The van der Waals surface area contributed by atoms with E-state index < -0.39 is 0 Å². The van der Waals surface area contributed by atoms with Gasteiger partial charge in [0.25, 0.3) is 0 Å². The Hall–Kier alpha value is -1.42. The Kier molecular flexibility index (Phi) is 4.57. The molecule has 3 fully saturated rings. The van der Waals surface area contributed by atoms with Gasteiger partial charge in [-0.25, -0.2) is 4.39 Å². The maximum atomic E-state index is 13.3. The van der Waals surface area contributed by atoms with Crippen molar-refractivity contribution in [3.05, 3.63) is 35.6 Å². The van der Waals surface area contributed by atoms with E-state index in [2.05, 4.69) is 10.6 Å². The molecule has 2 aliphatic carbocycles. The molecule has 1 aliphatic heterocycles. The number of benzene rings is 1. The van der Waals surface area contributed by atoms with Gasteiger partial charge in [-0.15, -0.1) is 0 Å². The second-order valence-electron chi connectivity index (χ2n) is 8.43. The fourth-order valence-corrected chi connectivity index (χ4v) is 5.17. The normalized spacial score (nSPS) is 27.0. The summed E-state index contributed by atoms with van der Waals surface area (Å²) in [5.41, 5.74) is 1.45. The minimum Gasteiger partial charge on any atom is -0.355 e. The molecule has 3 aliphatic rings. The van der Waals surface area contributed by atoms with Crippen molar-refractivity contribution < 1.29 is 9.18 Å². The smallest absolute Gasteiger partial charge is 0.223 e. The van der Waals surface area contributed by atoms with Gasteiger partial charge in [0.15, 0.2) is 0 Å². The number of halogens is 1. The first-order valence-electron chi connectivity index (χ1n) is 9.88. The molecule has 2 saturated carbocycles. The Morgan fingerprint density at radius 1 is 1.08 bits per heavy atom. The quantitative estimate of drug-likeness (QED) is 0.877. The number of hydrogen-bond acceptors (Lipinski definition) is 2. The van der Waals surface area contributed by atoms with Crippen molar-refractivity contribution in [1.82, 2.24) is 10.6 Å². The van der Waals surface area contributed by atoms with Crippen LogP contribution in [0.4, 0.5) is 4.39 Å². The molecule has 3 nitrogen and oxygen atoms in total. The minimum absolute atomic E-state index is 0.0161. The summed E-state index contributed by atoms with van der Waals surface area (Å²) >= 11 is 0. The van der Waals surface area contributed by atoms with Crippen LogP contribution in [0.15, 0.2) is 24.3 Å². The van der Waals surface area contributed by atoms with Crippen LogP contribution >= 0.6 is 0 Å². The average Bonchev–Trinajstić information content (AvgIpc) is 3.34. The van der Waals surface area contributed by atoms with E-state index in [1.807, 2.05) is 12.1 Å². The number of rotatable bonds is 4. The number of hydrogen-bond donors (Lipinski definition) is 2. The van der Waals surface area contributed by atoms with Gasteiger partial charge in [-0.2, -0.15) is 0 Å². The summed E-state index contributed by atoms with van der Waals surface area (Å²) in [5.74, 6) is 0.266. The highest BCUT2D eigenvalue weighted by atomic mass is 19.1. The Bertz CT molecular complexity index is 615. The van der Waals surface area contributed by atoms with E-state index >= 15 is 0 Å². The monoisotopic (exact) mass is 344 g/mol. The van der Waals surface area contributed by atoms with Crippen molar-refractivity contribution >= 4 is 5.91 Å². The zero-order chi connectivity index (χ0) is 17.3. The lowest BCUT2D eigenvalue weighted by molar-refractivity contribution is -0.123. The van der Waals surface area contributed by atoms with Crippen LogP contribution in [0.5, 0.6) is 0 Å². The van der Waals surface area contributed by atoms with Gasteiger partial charge in [-0.1, -0.05) is 31.4 Å². The third-order valence-corrected chi connectivity index (χ3v) is 6.97. The Balaban J connectivity index is 1.43. The van der Waals surface area contributed by atoms with Gasteiger partial charge in [0.05, 0.1) is 0 Å². The Labute approximate surface area is 149 Å². The molecule has 1 aromatic rings. The Morgan fingerprint density at radius 2 is 1.76 bits per heavy atom. The van der Waals surface area contributed by atoms with Crippen molar-refractivity contribution in [2.24, 2.45) is 11.3 Å². The standard InChI is InChI=1S/C21H29FN2O/c22-17-6-4-16(5-7-17)21(8-2-1-3-9-21)15-24-19(25)18-14-20(18)10-12-23-13-11-20/h4-7,18,23H,1-3,8-15H2,(H,24,25). The molecule has 1 spiro atoms. The van der Waals surface area contributed by atoms with E-state index in [0.717, 1.165) is 45.2 Å². The molecular formula is C21H29FN2O. The Morgan fingerprint density at radius 3 is 2.44 bits per heavy atom. The van der Waals surface area contributed by atoms with E-state index in [1.165, 1.54) is 24.8 Å². The summed E-state index contributed by atoms with van der Waals surface area (Å²) in [6.45, 7) is 2.79. The van der Waals surface area contributed by atoms with Gasteiger partial charge in [0.1, 0.15) is 5.82 Å². The molecule has 1 aromatic carbocycles. The number of amides is 1. The highest BCUT2D eigenvalue weighted by Crippen LogP contribution is 2.58. The van der Waals surface area contributed by atoms with Crippen molar-refractivity contribution in [2.45, 2.75) is 56.8 Å². The first-order valence-corrected chi connectivity index (χ1v) is 9.88. The molecule has 0 bridgehead atoms. The average molecular weight is 344 g/mol. The lowest BCUT2D eigenvalue weighted by Gasteiger charge is -2.38. The number of piperidine rings is 1. The SMILES string of the molecule is O=C(NCC1(c2ccc(F)cc2)CCCCC1)C1CC12CCNCC2.